The third kappa shape index (κ3) is 5.62. The normalized spacial score (nSPS) is 10.6. The number of H-pyrrole nitrogens is 1. The van der Waals surface area contributed by atoms with E-state index >= 15 is 0 Å². The largest absolute Gasteiger partial charge is 0.478 e. The van der Waals surface area contributed by atoms with E-state index < -0.39 is 11.9 Å². The van der Waals surface area contributed by atoms with E-state index in [1.165, 1.54) is 4.70 Å². The maximum absolute atomic E-state index is 12.5. The van der Waals surface area contributed by atoms with E-state index in [0.29, 0.717) is 25.0 Å². The molecule has 146 valence electrons. The number of hydrogen-bond donors (Lipinski definition) is 3. The Morgan fingerprint density at radius 1 is 1.11 bits per heavy atom. The molecule has 2 aromatic heterocycles. The van der Waals surface area contributed by atoms with Crippen molar-refractivity contribution < 1.29 is 24.6 Å². The predicted molar refractivity (Wildman–Crippen MR) is 107 cm³/mol. The van der Waals surface area contributed by atoms with E-state index in [1.54, 1.807) is 17.7 Å². The van der Waals surface area contributed by atoms with Crippen molar-refractivity contribution in [3.8, 4) is 0 Å². The Labute approximate surface area is 165 Å². The molecule has 0 aliphatic carbocycles. The van der Waals surface area contributed by atoms with Gasteiger partial charge in [-0.1, -0.05) is 18.2 Å². The molecular formula is C20H20N2O5S. The molecule has 8 heteroatoms. The topological polar surface area (TPSA) is 120 Å². The smallest absolute Gasteiger partial charge is 0.328 e. The Balaban J connectivity index is 0.000000300. The maximum Gasteiger partial charge on any atom is 0.328 e. The van der Waals surface area contributed by atoms with Gasteiger partial charge in [-0.15, -0.1) is 11.3 Å². The summed E-state index contributed by atoms with van der Waals surface area (Å²) in [5.41, 5.74) is 2.92. The van der Waals surface area contributed by atoms with Gasteiger partial charge in [-0.25, -0.2) is 14.6 Å². The number of nitrogens with one attached hydrogen (secondary N) is 1. The summed E-state index contributed by atoms with van der Waals surface area (Å²) in [7, 11) is 0. The molecule has 28 heavy (non-hydrogen) atoms. The van der Waals surface area contributed by atoms with Crippen LogP contribution >= 0.6 is 11.3 Å². The van der Waals surface area contributed by atoms with Crippen LogP contribution in [0.4, 0.5) is 0 Å². The number of carbonyl (C=O) groups is 3. The lowest BCUT2D eigenvalue weighted by Crippen LogP contribution is -2.03. The van der Waals surface area contributed by atoms with Crippen LogP contribution in [0.5, 0.6) is 0 Å². The summed E-state index contributed by atoms with van der Waals surface area (Å²) in [5, 5.41) is 16.7. The highest BCUT2D eigenvalue weighted by Gasteiger charge is 2.16. The first-order chi connectivity index (χ1) is 13.3. The Morgan fingerprint density at radius 2 is 1.75 bits per heavy atom. The van der Waals surface area contributed by atoms with Gasteiger partial charge in [0.15, 0.2) is 5.78 Å². The Morgan fingerprint density at radius 3 is 2.32 bits per heavy atom. The van der Waals surface area contributed by atoms with Gasteiger partial charge in [-0.2, -0.15) is 0 Å². The molecule has 2 heterocycles. The van der Waals surface area contributed by atoms with Gasteiger partial charge in [0, 0.05) is 44.8 Å². The van der Waals surface area contributed by atoms with Gasteiger partial charge in [-0.05, 0) is 26.3 Å². The zero-order valence-corrected chi connectivity index (χ0v) is 16.2. The number of imidazole rings is 1. The molecule has 0 saturated heterocycles. The first-order valence-corrected chi connectivity index (χ1v) is 9.25. The quantitative estimate of drug-likeness (QED) is 0.428. The fourth-order valence-electron chi connectivity index (χ4n) is 2.65. The van der Waals surface area contributed by atoms with Crippen molar-refractivity contribution in [3.05, 3.63) is 64.6 Å². The van der Waals surface area contributed by atoms with Crippen LogP contribution in [0.25, 0.3) is 10.1 Å². The van der Waals surface area contributed by atoms with Crippen LogP contribution in [-0.4, -0.2) is 37.9 Å². The summed E-state index contributed by atoms with van der Waals surface area (Å²) in [4.78, 5) is 40.0. The number of aromatic nitrogens is 2. The Hall–Kier alpha value is -3.26. The number of aromatic amines is 1. The van der Waals surface area contributed by atoms with Crippen LogP contribution in [-0.2, 0) is 16.0 Å². The van der Waals surface area contributed by atoms with Gasteiger partial charge in [-0.3, -0.25) is 4.79 Å². The number of fused-ring (bicyclic) bond motifs is 1. The highest BCUT2D eigenvalue weighted by molar-refractivity contribution is 7.19. The fraction of sp³-hybridized carbons (Fsp3) is 0.200. The standard InChI is InChI=1S/C16H16N2OS.C4H4O4/c1-10-13(18-9-17-10)7-8-14(19)16-11(2)20-15-6-4-3-5-12(15)16;5-3(6)1-2-4(7)8/h3-6,9H,7-8H2,1-2H3,(H,17,18);1-2H,(H,5,6)(H,7,8). The van der Waals surface area contributed by atoms with E-state index in [4.69, 9.17) is 10.2 Å². The molecule has 0 unspecified atom stereocenters. The monoisotopic (exact) mass is 400 g/mol. The molecule has 1 aromatic carbocycles. The minimum absolute atomic E-state index is 0.211. The molecule has 0 atom stereocenters. The van der Waals surface area contributed by atoms with E-state index in [2.05, 4.69) is 16.0 Å². The number of thiophene rings is 1. The highest BCUT2D eigenvalue weighted by Crippen LogP contribution is 2.31. The lowest BCUT2D eigenvalue weighted by Gasteiger charge is -2.01. The van der Waals surface area contributed by atoms with Crippen molar-refractivity contribution in [3.63, 3.8) is 0 Å². The van der Waals surface area contributed by atoms with Crippen LogP contribution in [0.2, 0.25) is 0 Å². The van der Waals surface area contributed by atoms with Crippen molar-refractivity contribution >= 4 is 39.1 Å². The number of carboxylic acids is 2. The van der Waals surface area contributed by atoms with Crippen molar-refractivity contribution in [2.24, 2.45) is 0 Å². The lowest BCUT2D eigenvalue weighted by atomic mass is 10.0. The number of ketones is 1. The summed E-state index contributed by atoms with van der Waals surface area (Å²) >= 11 is 1.69. The van der Waals surface area contributed by atoms with Crippen LogP contribution in [0.15, 0.2) is 42.7 Å². The van der Waals surface area contributed by atoms with Gasteiger partial charge in [0.2, 0.25) is 0 Å². The molecule has 0 saturated carbocycles. The zero-order valence-electron chi connectivity index (χ0n) is 15.4. The molecule has 0 fully saturated rings. The van der Waals surface area contributed by atoms with Crippen molar-refractivity contribution in [1.82, 2.24) is 9.97 Å². The van der Waals surface area contributed by atoms with Crippen LogP contribution < -0.4 is 0 Å². The van der Waals surface area contributed by atoms with Gasteiger partial charge in [0.25, 0.3) is 0 Å². The predicted octanol–water partition coefficient (Wildman–Crippen LogP) is 3.77. The number of benzene rings is 1. The van der Waals surface area contributed by atoms with E-state index in [9.17, 15) is 14.4 Å². The number of rotatable bonds is 6. The summed E-state index contributed by atoms with van der Waals surface area (Å²) < 4.78 is 1.18. The third-order valence-corrected chi connectivity index (χ3v) is 5.03. The minimum Gasteiger partial charge on any atom is -0.478 e. The molecular weight excluding hydrogens is 380 g/mol. The zero-order chi connectivity index (χ0) is 20.7. The van der Waals surface area contributed by atoms with Gasteiger partial charge < -0.3 is 15.2 Å². The lowest BCUT2D eigenvalue weighted by molar-refractivity contribution is -0.134. The number of aryl methyl sites for hydroxylation is 3. The van der Waals surface area contributed by atoms with Crippen LogP contribution in [0.1, 0.15) is 33.0 Å². The minimum atomic E-state index is -1.26. The number of carboxylic acid groups (broad SMARTS) is 2. The molecule has 3 rings (SSSR count). The third-order valence-electron chi connectivity index (χ3n) is 3.94. The van der Waals surface area contributed by atoms with Gasteiger partial charge in [0.1, 0.15) is 0 Å². The van der Waals surface area contributed by atoms with Crippen LogP contribution in [0, 0.1) is 13.8 Å². The number of Topliss-reactive ketones (excluding diaryl/α,β-unsaturated/α-hetero) is 1. The van der Waals surface area contributed by atoms with E-state index in [-0.39, 0.29) is 5.78 Å². The van der Waals surface area contributed by atoms with Crippen molar-refractivity contribution in [2.75, 3.05) is 0 Å². The van der Waals surface area contributed by atoms with Gasteiger partial charge in [0.05, 0.1) is 12.0 Å². The Kier molecular flexibility index (Phi) is 7.22. The number of carbonyl (C=O) groups excluding carboxylic acids is 1. The molecule has 0 spiro atoms. The SMILES string of the molecule is Cc1[nH]cnc1CCC(=O)c1c(C)sc2ccccc12.O=C(O)C=CC(=O)O. The number of hydrogen-bond acceptors (Lipinski definition) is 5. The summed E-state index contributed by atoms with van der Waals surface area (Å²) in [6, 6.07) is 8.11. The molecule has 3 aromatic rings. The average molecular weight is 400 g/mol. The second kappa shape index (κ2) is 9.61. The first kappa shape index (κ1) is 21.0. The van der Waals surface area contributed by atoms with Crippen molar-refractivity contribution in [1.29, 1.82) is 0 Å². The van der Waals surface area contributed by atoms with Gasteiger partial charge >= 0.3 is 11.9 Å². The Bertz CT molecular complexity index is 1020. The van der Waals surface area contributed by atoms with Crippen molar-refractivity contribution in [2.45, 2.75) is 26.7 Å². The van der Waals surface area contributed by atoms with E-state index in [1.807, 2.05) is 32.0 Å². The number of nitrogens with zero attached hydrogens (tertiary/aromatic N) is 1. The molecule has 7 nitrogen and oxygen atoms in total. The number of aliphatic carboxylic acids is 2. The average Bonchev–Trinajstić information content (AvgIpc) is 3.20. The van der Waals surface area contributed by atoms with Crippen LogP contribution in [0.3, 0.4) is 0 Å². The summed E-state index contributed by atoms with van der Waals surface area (Å²) in [6.07, 6.45) is 4.00. The molecule has 0 radical (unpaired) electrons. The molecule has 3 N–H and O–H groups in total. The molecule has 0 bridgehead atoms. The summed E-state index contributed by atoms with van der Waals surface area (Å²) in [5.74, 6) is -2.30. The maximum atomic E-state index is 12.5. The highest BCUT2D eigenvalue weighted by atomic mass is 32.1. The second-order valence-electron chi connectivity index (χ2n) is 5.94. The molecule has 0 amide bonds. The summed E-state index contributed by atoms with van der Waals surface area (Å²) in [6.45, 7) is 4.01. The molecule has 0 aliphatic rings. The fourth-order valence-corrected chi connectivity index (χ4v) is 3.74. The molecule has 0 aliphatic heterocycles. The van der Waals surface area contributed by atoms with E-state index in [0.717, 1.165) is 27.2 Å². The first-order valence-electron chi connectivity index (χ1n) is 8.43. The second-order valence-corrected chi connectivity index (χ2v) is 7.19.